The number of hydrogen-bond donors (Lipinski definition) is 2. The van der Waals surface area contributed by atoms with Crippen LogP contribution in [0.4, 0.5) is 0 Å². The van der Waals surface area contributed by atoms with Gasteiger partial charge in [0.2, 0.25) is 0 Å². The summed E-state index contributed by atoms with van der Waals surface area (Å²) in [6.45, 7) is 1.86. The van der Waals surface area contributed by atoms with E-state index in [0.717, 1.165) is 5.56 Å². The largest absolute Gasteiger partial charge is 0.480 e. The molecule has 0 fully saturated rings. The first-order valence-electron chi connectivity index (χ1n) is 6.08. The zero-order chi connectivity index (χ0) is 14.3. The second-order valence-corrected chi connectivity index (χ2v) is 4.19. The fraction of sp³-hybridized carbons (Fsp3) is 0.357. The maximum atomic E-state index is 11.9. The Labute approximate surface area is 111 Å². The van der Waals surface area contributed by atoms with Crippen LogP contribution in [0.5, 0.6) is 0 Å². The molecule has 0 saturated carbocycles. The number of aliphatic carboxylic acids is 1. The van der Waals surface area contributed by atoms with Gasteiger partial charge in [-0.2, -0.15) is 5.26 Å². The Morgan fingerprint density at radius 1 is 1.47 bits per heavy atom. The number of hydrogen-bond acceptors (Lipinski definition) is 3. The van der Waals surface area contributed by atoms with Gasteiger partial charge < -0.3 is 10.4 Å². The SMILES string of the molecule is CCCC(NC(=O)c1cccc(CC#N)c1)C(=O)O. The third-order valence-corrected chi connectivity index (χ3v) is 2.65. The lowest BCUT2D eigenvalue weighted by Crippen LogP contribution is -2.40. The lowest BCUT2D eigenvalue weighted by molar-refractivity contribution is -0.139. The van der Waals surface area contributed by atoms with E-state index in [-0.39, 0.29) is 6.42 Å². The summed E-state index contributed by atoms with van der Waals surface area (Å²) in [4.78, 5) is 22.9. The highest BCUT2D eigenvalue weighted by molar-refractivity contribution is 5.96. The Bertz CT molecular complexity index is 506. The normalized spacial score (nSPS) is 11.4. The molecule has 0 heterocycles. The van der Waals surface area contributed by atoms with Crippen molar-refractivity contribution in [2.75, 3.05) is 0 Å². The summed E-state index contributed by atoms with van der Waals surface area (Å²) in [5, 5.41) is 20.1. The average Bonchev–Trinajstić information content (AvgIpc) is 2.38. The van der Waals surface area contributed by atoms with Crippen molar-refractivity contribution in [3.05, 3.63) is 35.4 Å². The molecule has 1 aromatic rings. The molecule has 5 nitrogen and oxygen atoms in total. The molecule has 0 spiro atoms. The first-order chi connectivity index (χ1) is 9.08. The number of nitriles is 1. The molecule has 1 rings (SSSR count). The van der Waals surface area contributed by atoms with Crippen molar-refractivity contribution >= 4 is 11.9 Å². The third kappa shape index (κ3) is 4.43. The topological polar surface area (TPSA) is 90.2 Å². The number of carbonyl (C=O) groups excluding carboxylic acids is 1. The molecule has 0 saturated heterocycles. The lowest BCUT2D eigenvalue weighted by atomic mass is 10.1. The van der Waals surface area contributed by atoms with Gasteiger partial charge in [-0.25, -0.2) is 4.79 Å². The maximum Gasteiger partial charge on any atom is 0.326 e. The van der Waals surface area contributed by atoms with Gasteiger partial charge in [-0.1, -0.05) is 25.5 Å². The summed E-state index contributed by atoms with van der Waals surface area (Å²) in [6, 6.07) is 7.75. The van der Waals surface area contributed by atoms with Gasteiger partial charge in [0.15, 0.2) is 0 Å². The molecule has 100 valence electrons. The van der Waals surface area contributed by atoms with Gasteiger partial charge >= 0.3 is 5.97 Å². The van der Waals surface area contributed by atoms with Crippen LogP contribution in [-0.2, 0) is 11.2 Å². The van der Waals surface area contributed by atoms with Gasteiger partial charge in [-0.15, -0.1) is 0 Å². The van der Waals surface area contributed by atoms with Gasteiger partial charge in [0.1, 0.15) is 6.04 Å². The van der Waals surface area contributed by atoms with Gasteiger partial charge in [-0.3, -0.25) is 4.79 Å². The fourth-order valence-corrected chi connectivity index (χ4v) is 1.70. The molecule has 0 aliphatic heterocycles. The lowest BCUT2D eigenvalue weighted by Gasteiger charge is -2.13. The highest BCUT2D eigenvalue weighted by atomic mass is 16.4. The summed E-state index contributed by atoms with van der Waals surface area (Å²) < 4.78 is 0. The number of benzene rings is 1. The number of rotatable bonds is 6. The number of nitrogens with one attached hydrogen (secondary N) is 1. The van der Waals surface area contributed by atoms with Crippen LogP contribution in [0, 0.1) is 11.3 Å². The van der Waals surface area contributed by atoms with Crippen LogP contribution in [0.2, 0.25) is 0 Å². The zero-order valence-corrected chi connectivity index (χ0v) is 10.7. The first kappa shape index (κ1) is 14.7. The van der Waals surface area contributed by atoms with Gasteiger partial charge in [0, 0.05) is 5.56 Å². The van der Waals surface area contributed by atoms with E-state index in [0.29, 0.717) is 18.4 Å². The predicted octanol–water partition coefficient (Wildman–Crippen LogP) is 1.74. The minimum Gasteiger partial charge on any atom is -0.480 e. The number of carbonyl (C=O) groups is 2. The van der Waals surface area contributed by atoms with Crippen molar-refractivity contribution < 1.29 is 14.7 Å². The molecule has 0 aliphatic carbocycles. The van der Waals surface area contributed by atoms with E-state index in [1.165, 1.54) is 0 Å². The van der Waals surface area contributed by atoms with Gasteiger partial charge in [0.05, 0.1) is 12.5 Å². The van der Waals surface area contributed by atoms with Crippen molar-refractivity contribution in [3.63, 3.8) is 0 Å². The molecule has 5 heteroatoms. The molecule has 0 bridgehead atoms. The summed E-state index contributed by atoms with van der Waals surface area (Å²) in [5.41, 5.74) is 1.10. The minimum absolute atomic E-state index is 0.221. The molecule has 0 aliphatic rings. The van der Waals surface area contributed by atoms with Crippen molar-refractivity contribution in [1.29, 1.82) is 5.26 Å². The molecule has 1 unspecified atom stereocenters. The zero-order valence-electron chi connectivity index (χ0n) is 10.7. The highest BCUT2D eigenvalue weighted by Crippen LogP contribution is 2.07. The van der Waals surface area contributed by atoms with Crippen LogP contribution in [0.3, 0.4) is 0 Å². The molecule has 1 atom stereocenters. The summed E-state index contributed by atoms with van der Waals surface area (Å²) in [6.07, 6.45) is 1.28. The quantitative estimate of drug-likeness (QED) is 0.815. The second-order valence-electron chi connectivity index (χ2n) is 4.19. The number of carboxylic acid groups (broad SMARTS) is 1. The number of amides is 1. The van der Waals surface area contributed by atoms with Crippen molar-refractivity contribution in [2.24, 2.45) is 0 Å². The minimum atomic E-state index is -1.04. The van der Waals surface area contributed by atoms with Crippen LogP contribution in [0.25, 0.3) is 0 Å². The van der Waals surface area contributed by atoms with Crippen LogP contribution >= 0.6 is 0 Å². The summed E-state index contributed by atoms with van der Waals surface area (Å²) in [7, 11) is 0. The first-order valence-corrected chi connectivity index (χ1v) is 6.08. The second kappa shape index (κ2) is 7.17. The Balaban J connectivity index is 2.79. The molecule has 0 aromatic heterocycles. The van der Waals surface area contributed by atoms with Crippen molar-refractivity contribution in [2.45, 2.75) is 32.2 Å². The molecule has 1 amide bonds. The Hall–Kier alpha value is -2.35. The monoisotopic (exact) mass is 260 g/mol. The molecule has 19 heavy (non-hydrogen) atoms. The van der Waals surface area contributed by atoms with E-state index in [9.17, 15) is 9.59 Å². The van der Waals surface area contributed by atoms with E-state index in [2.05, 4.69) is 5.32 Å². The van der Waals surface area contributed by atoms with Crippen LogP contribution < -0.4 is 5.32 Å². The van der Waals surface area contributed by atoms with E-state index in [1.54, 1.807) is 24.3 Å². The maximum absolute atomic E-state index is 11.9. The molecule has 2 N–H and O–H groups in total. The number of carboxylic acids is 1. The smallest absolute Gasteiger partial charge is 0.326 e. The average molecular weight is 260 g/mol. The molecular weight excluding hydrogens is 244 g/mol. The standard InChI is InChI=1S/C14H16N2O3/c1-2-4-12(14(18)19)16-13(17)11-6-3-5-10(9-11)7-8-15/h3,5-6,9,12H,2,4,7H2,1H3,(H,16,17)(H,18,19). The van der Waals surface area contributed by atoms with E-state index in [1.807, 2.05) is 13.0 Å². The Kier molecular flexibility index (Phi) is 5.55. The Morgan fingerprint density at radius 2 is 2.21 bits per heavy atom. The van der Waals surface area contributed by atoms with Crippen LogP contribution in [-0.4, -0.2) is 23.0 Å². The van der Waals surface area contributed by atoms with Gasteiger partial charge in [0.25, 0.3) is 5.91 Å². The van der Waals surface area contributed by atoms with E-state index >= 15 is 0 Å². The van der Waals surface area contributed by atoms with Crippen LogP contribution in [0.15, 0.2) is 24.3 Å². The molecule has 0 radical (unpaired) electrons. The van der Waals surface area contributed by atoms with E-state index < -0.39 is 17.9 Å². The molecule has 1 aromatic carbocycles. The Morgan fingerprint density at radius 3 is 2.79 bits per heavy atom. The van der Waals surface area contributed by atoms with Crippen molar-refractivity contribution in [3.8, 4) is 6.07 Å². The van der Waals surface area contributed by atoms with E-state index in [4.69, 9.17) is 10.4 Å². The van der Waals surface area contributed by atoms with Gasteiger partial charge in [-0.05, 0) is 24.1 Å². The highest BCUT2D eigenvalue weighted by Gasteiger charge is 2.19. The third-order valence-electron chi connectivity index (χ3n) is 2.65. The van der Waals surface area contributed by atoms with Crippen LogP contribution in [0.1, 0.15) is 35.7 Å². The number of nitrogens with zero attached hydrogens (tertiary/aromatic N) is 1. The summed E-state index contributed by atoms with van der Waals surface area (Å²) >= 11 is 0. The fourth-order valence-electron chi connectivity index (χ4n) is 1.70. The summed E-state index contributed by atoms with van der Waals surface area (Å²) in [5.74, 6) is -1.47. The molecular formula is C14H16N2O3. The predicted molar refractivity (Wildman–Crippen MR) is 69.6 cm³/mol. The van der Waals surface area contributed by atoms with Crippen molar-refractivity contribution in [1.82, 2.24) is 5.32 Å².